The van der Waals surface area contributed by atoms with Crippen LogP contribution in [0, 0.1) is 5.92 Å². The van der Waals surface area contributed by atoms with Gasteiger partial charge in [-0.05, 0) is 38.1 Å². The van der Waals surface area contributed by atoms with Crippen LogP contribution < -0.4 is 9.75 Å². The van der Waals surface area contributed by atoms with Crippen molar-refractivity contribution in [2.45, 2.75) is 13.8 Å². The maximum absolute atomic E-state index is 12.6. The maximum Gasteiger partial charge on any atom is 0.261 e. The van der Waals surface area contributed by atoms with E-state index in [0.717, 1.165) is 11.4 Å². The minimum absolute atomic E-state index is 0.101. The summed E-state index contributed by atoms with van der Waals surface area (Å²) in [5.41, 5.74) is 2.19. The summed E-state index contributed by atoms with van der Waals surface area (Å²) >= 11 is 0. The molecule has 0 fully saturated rings. The zero-order valence-corrected chi connectivity index (χ0v) is 13.7. The molecule has 0 saturated heterocycles. The highest BCUT2D eigenvalue weighted by Gasteiger charge is 2.33. The van der Waals surface area contributed by atoms with Gasteiger partial charge >= 0.3 is 0 Å². The highest BCUT2D eigenvalue weighted by molar-refractivity contribution is 6.23. The van der Waals surface area contributed by atoms with Crippen LogP contribution >= 0.6 is 0 Å². The second-order valence-electron chi connectivity index (χ2n) is 5.38. The summed E-state index contributed by atoms with van der Waals surface area (Å²) in [5, 5.41) is 5.80. The fourth-order valence-corrected chi connectivity index (χ4v) is 2.50. The molecular formula is C19H19N3O2. The lowest BCUT2D eigenvalue weighted by Crippen LogP contribution is -2.27. The molecule has 24 heavy (non-hydrogen) atoms. The molecule has 5 nitrogen and oxygen atoms in total. The van der Waals surface area contributed by atoms with Crippen LogP contribution in [-0.4, -0.2) is 24.4 Å². The zero-order chi connectivity index (χ0) is 16.9. The quantitative estimate of drug-likeness (QED) is 0.786. The first kappa shape index (κ1) is 15.9. The van der Waals surface area contributed by atoms with Crippen LogP contribution in [0.25, 0.3) is 0 Å². The Bertz CT molecular complexity index is 784. The van der Waals surface area contributed by atoms with Crippen molar-refractivity contribution in [3.05, 3.63) is 54.6 Å². The summed E-state index contributed by atoms with van der Waals surface area (Å²) in [7, 11) is 0. The van der Waals surface area contributed by atoms with Crippen molar-refractivity contribution in [3.63, 3.8) is 0 Å². The molecule has 1 aliphatic heterocycles. The zero-order valence-electron chi connectivity index (χ0n) is 13.7. The minimum atomic E-state index is -0.458. The fraction of sp³-hybridized carbons (Fsp3) is 0.211. The number of para-hydroxylation sites is 3. The molecule has 122 valence electrons. The van der Waals surface area contributed by atoms with Crippen molar-refractivity contribution in [3.8, 4) is 5.75 Å². The number of rotatable bonds is 5. The van der Waals surface area contributed by atoms with Gasteiger partial charge in [-0.1, -0.05) is 30.3 Å². The summed E-state index contributed by atoms with van der Waals surface area (Å²) in [6.45, 7) is 4.33. The van der Waals surface area contributed by atoms with Gasteiger partial charge in [0.05, 0.1) is 18.0 Å². The number of aliphatic imine (C=N–C) groups is 1. The number of hydrazone groups is 1. The lowest BCUT2D eigenvalue weighted by Gasteiger charge is -2.12. The van der Waals surface area contributed by atoms with Crippen molar-refractivity contribution in [1.29, 1.82) is 0 Å². The highest BCUT2D eigenvalue weighted by Crippen LogP contribution is 2.28. The number of nitrogens with zero attached hydrogens (tertiary/aromatic N) is 3. The molecule has 2 aromatic rings. The molecule has 0 unspecified atom stereocenters. The van der Waals surface area contributed by atoms with Crippen LogP contribution in [0.1, 0.15) is 13.8 Å². The van der Waals surface area contributed by atoms with Crippen LogP contribution in [0.4, 0.5) is 11.4 Å². The first-order chi connectivity index (χ1) is 11.7. The third kappa shape index (κ3) is 3.20. The van der Waals surface area contributed by atoms with Gasteiger partial charge in [-0.2, -0.15) is 10.1 Å². The molecular weight excluding hydrogens is 302 g/mol. The van der Waals surface area contributed by atoms with Gasteiger partial charge in [0.2, 0.25) is 0 Å². The molecule has 0 bridgehead atoms. The smallest absolute Gasteiger partial charge is 0.261 e. The summed E-state index contributed by atoms with van der Waals surface area (Å²) in [6, 6.07) is 16.9. The Balaban J connectivity index is 1.82. The Morgan fingerprint density at radius 2 is 1.88 bits per heavy atom. The molecule has 0 aromatic heterocycles. The van der Waals surface area contributed by atoms with Crippen molar-refractivity contribution < 1.29 is 9.53 Å². The van der Waals surface area contributed by atoms with E-state index in [2.05, 4.69) is 10.1 Å². The van der Waals surface area contributed by atoms with Gasteiger partial charge < -0.3 is 4.74 Å². The Morgan fingerprint density at radius 1 is 1.17 bits per heavy atom. The summed E-state index contributed by atoms with van der Waals surface area (Å²) < 4.78 is 5.56. The third-order valence-corrected chi connectivity index (χ3v) is 3.71. The van der Waals surface area contributed by atoms with E-state index in [-0.39, 0.29) is 5.91 Å². The molecule has 2 aromatic carbocycles. The molecule has 5 heteroatoms. The monoisotopic (exact) mass is 321 g/mol. The normalized spacial score (nSPS) is 17.4. The summed E-state index contributed by atoms with van der Waals surface area (Å²) in [5.74, 6) is 0.146. The predicted molar refractivity (Wildman–Crippen MR) is 96.3 cm³/mol. The number of ether oxygens (including phenoxy) is 1. The molecule has 1 heterocycles. The topological polar surface area (TPSA) is 54.3 Å². The summed E-state index contributed by atoms with van der Waals surface area (Å²) in [4.78, 5) is 17.1. The molecule has 0 radical (unpaired) electrons. The Kier molecular flexibility index (Phi) is 4.70. The van der Waals surface area contributed by atoms with Crippen LogP contribution in [-0.2, 0) is 4.79 Å². The van der Waals surface area contributed by atoms with Gasteiger partial charge in [-0.3, -0.25) is 9.79 Å². The van der Waals surface area contributed by atoms with Crippen molar-refractivity contribution >= 4 is 29.2 Å². The number of carbonyl (C=O) groups excluding carboxylic acids is 1. The van der Waals surface area contributed by atoms with Crippen molar-refractivity contribution in [1.82, 2.24) is 0 Å². The van der Waals surface area contributed by atoms with E-state index in [0.29, 0.717) is 18.0 Å². The third-order valence-electron chi connectivity index (χ3n) is 3.71. The van der Waals surface area contributed by atoms with E-state index in [1.54, 1.807) is 6.21 Å². The number of hydrogen-bond donors (Lipinski definition) is 0. The molecule has 1 atom stereocenters. The van der Waals surface area contributed by atoms with Gasteiger partial charge in [0.1, 0.15) is 17.4 Å². The molecule has 1 aliphatic rings. The standard InChI is InChI=1S/C19H19N3O2/c1-3-24-18-12-8-7-11-17(18)20-13-16-14(2)21-22(19(16)23)15-9-5-4-6-10-15/h4-13,16H,3H2,1-2H3/t16-/m0/s1. The van der Waals surface area contributed by atoms with E-state index < -0.39 is 5.92 Å². The molecule has 1 amide bonds. The maximum atomic E-state index is 12.6. The molecule has 3 rings (SSSR count). The average Bonchev–Trinajstić information content (AvgIpc) is 2.89. The first-order valence-electron chi connectivity index (χ1n) is 7.91. The van der Waals surface area contributed by atoms with Crippen LogP contribution in [0.3, 0.4) is 0 Å². The average molecular weight is 321 g/mol. The number of amides is 1. The highest BCUT2D eigenvalue weighted by atomic mass is 16.5. The van der Waals surface area contributed by atoms with E-state index in [1.165, 1.54) is 5.01 Å². The van der Waals surface area contributed by atoms with E-state index in [9.17, 15) is 4.79 Å². The number of hydrogen-bond acceptors (Lipinski definition) is 4. The minimum Gasteiger partial charge on any atom is -0.492 e. The first-order valence-corrected chi connectivity index (χ1v) is 7.91. The van der Waals surface area contributed by atoms with Gasteiger partial charge in [-0.15, -0.1) is 0 Å². The van der Waals surface area contributed by atoms with E-state index in [1.807, 2.05) is 68.4 Å². The molecule has 0 spiro atoms. The SMILES string of the molecule is CCOc1ccccc1N=C[C@@H]1C(=O)N(c2ccccc2)N=C1C. The largest absolute Gasteiger partial charge is 0.492 e. The lowest BCUT2D eigenvalue weighted by atomic mass is 10.1. The Hall–Kier alpha value is -2.95. The summed E-state index contributed by atoms with van der Waals surface area (Å²) in [6.07, 6.45) is 1.64. The van der Waals surface area contributed by atoms with E-state index >= 15 is 0 Å². The van der Waals surface area contributed by atoms with E-state index in [4.69, 9.17) is 4.74 Å². The molecule has 0 saturated carbocycles. The van der Waals surface area contributed by atoms with Gasteiger partial charge in [-0.25, -0.2) is 0 Å². The van der Waals surface area contributed by atoms with Gasteiger partial charge in [0.15, 0.2) is 0 Å². The number of anilines is 1. The molecule has 0 aliphatic carbocycles. The Labute approximate surface area is 141 Å². The van der Waals surface area contributed by atoms with Gasteiger partial charge in [0.25, 0.3) is 5.91 Å². The predicted octanol–water partition coefficient (Wildman–Crippen LogP) is 3.83. The molecule has 0 N–H and O–H groups in total. The second-order valence-corrected chi connectivity index (χ2v) is 5.38. The van der Waals surface area contributed by atoms with Crippen molar-refractivity contribution in [2.75, 3.05) is 11.6 Å². The lowest BCUT2D eigenvalue weighted by molar-refractivity contribution is -0.118. The fourth-order valence-electron chi connectivity index (χ4n) is 2.50. The second kappa shape index (κ2) is 7.08. The van der Waals surface area contributed by atoms with Crippen molar-refractivity contribution in [2.24, 2.45) is 16.0 Å². The van der Waals surface area contributed by atoms with Gasteiger partial charge in [0, 0.05) is 6.21 Å². The number of carbonyl (C=O) groups is 1. The Morgan fingerprint density at radius 3 is 2.62 bits per heavy atom. The van der Waals surface area contributed by atoms with Crippen LogP contribution in [0.5, 0.6) is 5.75 Å². The number of benzene rings is 2. The van der Waals surface area contributed by atoms with Crippen LogP contribution in [0.2, 0.25) is 0 Å². The van der Waals surface area contributed by atoms with Crippen LogP contribution in [0.15, 0.2) is 64.7 Å².